The summed E-state index contributed by atoms with van der Waals surface area (Å²) < 4.78 is 26.5. The number of benzene rings is 2. The van der Waals surface area contributed by atoms with Crippen LogP contribution in [0.25, 0.3) is 0 Å². The second-order valence-corrected chi connectivity index (χ2v) is 8.50. The molecule has 0 spiro atoms. The number of aromatic nitrogens is 3. The van der Waals surface area contributed by atoms with Gasteiger partial charge in [0.1, 0.15) is 11.5 Å². The molecule has 0 bridgehead atoms. The van der Waals surface area contributed by atoms with E-state index < -0.39 is 33.7 Å². The van der Waals surface area contributed by atoms with Crippen molar-refractivity contribution in [2.75, 3.05) is 12.4 Å². The number of hydrogen-bond acceptors (Lipinski definition) is 8. The number of carbonyl (C=O) groups excluding carboxylic acids is 1. The lowest BCUT2D eigenvalue weighted by molar-refractivity contribution is -0.387. The fourth-order valence-corrected chi connectivity index (χ4v) is 4.00. The minimum absolute atomic E-state index is 0.129. The van der Waals surface area contributed by atoms with Crippen LogP contribution in [-0.4, -0.2) is 38.0 Å². The SMILES string of the molecule is CCn1c(SC(C)C(=O)Nc2ccc(F)c([N+](=O)[O-])c2)nnc1C(C)Oc1ccc(OC)cc1. The Morgan fingerprint density at radius 1 is 1.21 bits per heavy atom. The molecule has 0 saturated heterocycles. The molecule has 1 N–H and O–H groups in total. The van der Waals surface area contributed by atoms with Gasteiger partial charge in [-0.25, -0.2) is 0 Å². The Balaban J connectivity index is 1.68. The number of nitrogens with one attached hydrogen (secondary N) is 1. The van der Waals surface area contributed by atoms with Crippen LogP contribution < -0.4 is 14.8 Å². The Morgan fingerprint density at radius 2 is 1.88 bits per heavy atom. The number of anilines is 1. The topological polar surface area (TPSA) is 121 Å². The number of nitrogens with zero attached hydrogens (tertiary/aromatic N) is 4. The summed E-state index contributed by atoms with van der Waals surface area (Å²) in [4.78, 5) is 22.7. The molecule has 0 aliphatic carbocycles. The third kappa shape index (κ3) is 5.81. The fourth-order valence-electron chi connectivity index (χ4n) is 3.08. The molecule has 2 atom stereocenters. The number of amides is 1. The van der Waals surface area contributed by atoms with Crippen molar-refractivity contribution in [1.29, 1.82) is 0 Å². The van der Waals surface area contributed by atoms with Gasteiger partial charge in [-0.3, -0.25) is 14.9 Å². The van der Waals surface area contributed by atoms with Crippen molar-refractivity contribution >= 4 is 29.0 Å². The van der Waals surface area contributed by atoms with Gasteiger partial charge in [-0.2, -0.15) is 4.39 Å². The first-order valence-corrected chi connectivity index (χ1v) is 11.3. The van der Waals surface area contributed by atoms with Crippen molar-refractivity contribution in [3.63, 3.8) is 0 Å². The van der Waals surface area contributed by atoms with Gasteiger partial charge in [-0.15, -0.1) is 10.2 Å². The minimum atomic E-state index is -0.972. The first-order valence-electron chi connectivity index (χ1n) is 10.4. The lowest BCUT2D eigenvalue weighted by Crippen LogP contribution is -2.23. The van der Waals surface area contributed by atoms with Crippen molar-refractivity contribution in [3.8, 4) is 11.5 Å². The zero-order chi connectivity index (χ0) is 24.8. The molecular formula is C22H24FN5O5S. The van der Waals surface area contributed by atoms with Gasteiger partial charge in [-0.05, 0) is 57.2 Å². The van der Waals surface area contributed by atoms with E-state index in [1.54, 1.807) is 38.3 Å². The van der Waals surface area contributed by atoms with Gasteiger partial charge in [0, 0.05) is 18.3 Å². The van der Waals surface area contributed by atoms with Crippen molar-refractivity contribution in [1.82, 2.24) is 14.8 Å². The highest BCUT2D eigenvalue weighted by Gasteiger charge is 2.24. The molecule has 1 amide bonds. The van der Waals surface area contributed by atoms with Gasteiger partial charge in [0.05, 0.1) is 17.3 Å². The number of thioether (sulfide) groups is 1. The average molecular weight is 490 g/mol. The van der Waals surface area contributed by atoms with E-state index in [4.69, 9.17) is 9.47 Å². The highest BCUT2D eigenvalue weighted by molar-refractivity contribution is 8.00. The molecule has 0 radical (unpaired) electrons. The molecule has 10 nitrogen and oxygen atoms in total. The highest BCUT2D eigenvalue weighted by Crippen LogP contribution is 2.29. The molecule has 1 heterocycles. The summed E-state index contributed by atoms with van der Waals surface area (Å²) in [5.41, 5.74) is -0.580. The summed E-state index contributed by atoms with van der Waals surface area (Å²) in [5, 5.41) is 21.9. The molecule has 0 aliphatic rings. The smallest absolute Gasteiger partial charge is 0.306 e. The number of ether oxygens (including phenoxy) is 2. The van der Waals surface area contributed by atoms with Crippen LogP contribution in [-0.2, 0) is 11.3 Å². The molecule has 0 aliphatic heterocycles. The van der Waals surface area contributed by atoms with E-state index in [1.165, 1.54) is 17.8 Å². The van der Waals surface area contributed by atoms with Gasteiger partial charge in [0.25, 0.3) is 0 Å². The molecule has 3 aromatic rings. The molecule has 12 heteroatoms. The molecular weight excluding hydrogens is 465 g/mol. The van der Waals surface area contributed by atoms with Crippen LogP contribution in [0, 0.1) is 15.9 Å². The normalized spacial score (nSPS) is 12.6. The molecule has 34 heavy (non-hydrogen) atoms. The number of halogens is 1. The van der Waals surface area contributed by atoms with Crippen LogP contribution in [0.1, 0.15) is 32.7 Å². The van der Waals surface area contributed by atoms with E-state index in [0.717, 1.165) is 17.9 Å². The largest absolute Gasteiger partial charge is 0.497 e. The second-order valence-electron chi connectivity index (χ2n) is 7.19. The van der Waals surface area contributed by atoms with Crippen molar-refractivity contribution in [2.24, 2.45) is 0 Å². The monoisotopic (exact) mass is 489 g/mol. The zero-order valence-corrected chi connectivity index (χ0v) is 19.8. The lowest BCUT2D eigenvalue weighted by atomic mass is 10.2. The summed E-state index contributed by atoms with van der Waals surface area (Å²) >= 11 is 1.18. The predicted molar refractivity (Wildman–Crippen MR) is 125 cm³/mol. The Hall–Kier alpha value is -3.67. The third-order valence-corrected chi connectivity index (χ3v) is 5.94. The van der Waals surface area contributed by atoms with Gasteiger partial charge < -0.3 is 19.4 Å². The van der Waals surface area contributed by atoms with Crippen LogP contribution >= 0.6 is 11.8 Å². The Morgan fingerprint density at radius 3 is 2.50 bits per heavy atom. The summed E-state index contributed by atoms with van der Waals surface area (Å²) in [6, 6.07) is 10.4. The summed E-state index contributed by atoms with van der Waals surface area (Å²) in [6.07, 6.45) is -0.404. The van der Waals surface area contributed by atoms with Crippen LogP contribution in [0.3, 0.4) is 0 Å². The molecule has 1 aromatic heterocycles. The van der Waals surface area contributed by atoms with E-state index in [2.05, 4.69) is 15.5 Å². The van der Waals surface area contributed by atoms with Crippen molar-refractivity contribution in [3.05, 3.63) is 64.2 Å². The number of hydrogen-bond donors (Lipinski definition) is 1. The number of rotatable bonds is 10. The summed E-state index contributed by atoms with van der Waals surface area (Å²) in [5.74, 6) is 0.579. The first kappa shape index (κ1) is 25.0. The molecule has 2 aromatic carbocycles. The maximum Gasteiger partial charge on any atom is 0.306 e. The average Bonchev–Trinajstić information content (AvgIpc) is 3.23. The first-order chi connectivity index (χ1) is 16.2. The Labute approximate surface area is 199 Å². The molecule has 3 rings (SSSR count). The maximum atomic E-state index is 13.5. The van der Waals surface area contributed by atoms with Gasteiger partial charge in [0.15, 0.2) is 17.1 Å². The van der Waals surface area contributed by atoms with E-state index >= 15 is 0 Å². The van der Waals surface area contributed by atoms with E-state index in [1.807, 2.05) is 18.4 Å². The number of carbonyl (C=O) groups is 1. The van der Waals surface area contributed by atoms with Crippen LogP contribution in [0.5, 0.6) is 11.5 Å². The number of methoxy groups -OCH3 is 1. The Kier molecular flexibility index (Phi) is 8.05. The molecule has 0 fully saturated rings. The predicted octanol–water partition coefficient (Wildman–Crippen LogP) is 4.61. The molecule has 0 saturated carbocycles. The van der Waals surface area contributed by atoms with Gasteiger partial charge in [-0.1, -0.05) is 11.8 Å². The van der Waals surface area contributed by atoms with Gasteiger partial charge in [0.2, 0.25) is 11.7 Å². The summed E-state index contributed by atoms with van der Waals surface area (Å²) in [6.45, 7) is 6.01. The fraction of sp³-hybridized carbons (Fsp3) is 0.318. The summed E-state index contributed by atoms with van der Waals surface area (Å²) in [7, 11) is 1.59. The van der Waals surface area contributed by atoms with Crippen LogP contribution in [0.2, 0.25) is 0 Å². The second kappa shape index (κ2) is 11.0. The third-order valence-electron chi connectivity index (χ3n) is 4.86. The van der Waals surface area contributed by atoms with E-state index in [-0.39, 0.29) is 5.69 Å². The maximum absolute atomic E-state index is 13.5. The Bertz CT molecular complexity index is 1170. The van der Waals surface area contributed by atoms with Crippen LogP contribution in [0.15, 0.2) is 47.6 Å². The van der Waals surface area contributed by atoms with E-state index in [0.29, 0.717) is 23.3 Å². The lowest BCUT2D eigenvalue weighted by Gasteiger charge is -2.16. The van der Waals surface area contributed by atoms with Crippen molar-refractivity contribution in [2.45, 2.75) is 43.8 Å². The number of nitro benzene ring substituents is 1. The highest BCUT2D eigenvalue weighted by atomic mass is 32.2. The van der Waals surface area contributed by atoms with Gasteiger partial charge >= 0.3 is 5.69 Å². The standard InChI is InChI=1S/C22H24FN5O5S/c1-5-27-20(13(2)33-17-9-7-16(32-4)8-10-17)25-26-22(27)34-14(3)21(29)24-15-6-11-18(23)19(12-15)28(30)31/h6-14H,5H2,1-4H3,(H,24,29). The van der Waals surface area contributed by atoms with Crippen molar-refractivity contribution < 1.29 is 23.6 Å². The quantitative estimate of drug-likeness (QED) is 0.249. The molecule has 2 unspecified atom stereocenters. The minimum Gasteiger partial charge on any atom is -0.497 e. The van der Waals surface area contributed by atoms with E-state index in [9.17, 15) is 19.3 Å². The number of nitro groups is 1. The van der Waals surface area contributed by atoms with Crippen LogP contribution in [0.4, 0.5) is 15.8 Å². The zero-order valence-electron chi connectivity index (χ0n) is 19.0. The molecule has 180 valence electrons.